The van der Waals surface area contributed by atoms with Gasteiger partial charge in [0.2, 0.25) is 0 Å². The third-order valence-corrected chi connectivity index (χ3v) is 4.26. The molecule has 2 heterocycles. The lowest BCUT2D eigenvalue weighted by molar-refractivity contribution is 0.261. The largest absolute Gasteiger partial charge is 0.493 e. The number of rotatable bonds is 5. The molecule has 1 atom stereocenters. The number of benzene rings is 1. The molecule has 0 fully saturated rings. The summed E-state index contributed by atoms with van der Waals surface area (Å²) >= 11 is 0. The molecule has 1 aromatic carbocycles. The van der Waals surface area contributed by atoms with Crippen molar-refractivity contribution in [3.05, 3.63) is 59.4 Å². The van der Waals surface area contributed by atoms with Crippen LogP contribution in [0.2, 0.25) is 0 Å². The number of ether oxygens (including phenoxy) is 1. The molecule has 0 amide bonds. The van der Waals surface area contributed by atoms with Crippen LogP contribution in [0.1, 0.15) is 36.2 Å². The van der Waals surface area contributed by atoms with Gasteiger partial charge in [0.15, 0.2) is 5.96 Å². The molecule has 1 aliphatic heterocycles. The highest BCUT2D eigenvalue weighted by Gasteiger charge is 2.21. The van der Waals surface area contributed by atoms with E-state index in [9.17, 15) is 0 Å². The van der Waals surface area contributed by atoms with E-state index in [4.69, 9.17) is 9.73 Å². The van der Waals surface area contributed by atoms with Gasteiger partial charge in [0, 0.05) is 37.0 Å². The van der Waals surface area contributed by atoms with Gasteiger partial charge >= 0.3 is 0 Å². The maximum Gasteiger partial charge on any atom is 0.191 e. The van der Waals surface area contributed by atoms with Gasteiger partial charge in [0.05, 0.1) is 12.6 Å². The number of nitrogens with zero attached hydrogens (tertiary/aromatic N) is 2. The van der Waals surface area contributed by atoms with Crippen molar-refractivity contribution in [3.8, 4) is 5.75 Å². The zero-order valence-corrected chi connectivity index (χ0v) is 17.7. The predicted molar refractivity (Wildman–Crippen MR) is 117 cm³/mol. The van der Waals surface area contributed by atoms with Gasteiger partial charge in [0.1, 0.15) is 5.75 Å². The molecule has 5 nitrogen and oxygen atoms in total. The van der Waals surface area contributed by atoms with Crippen molar-refractivity contribution in [2.24, 2.45) is 4.99 Å². The molecule has 0 saturated heterocycles. The number of halogens is 1. The van der Waals surface area contributed by atoms with E-state index >= 15 is 0 Å². The summed E-state index contributed by atoms with van der Waals surface area (Å²) < 4.78 is 5.74. The first-order chi connectivity index (χ1) is 12.3. The SMILES string of the molecule is CCNC(=NCCc1ccc(C)nc1)NC1CCOc2ccccc21.I. The molecule has 26 heavy (non-hydrogen) atoms. The van der Waals surface area contributed by atoms with Gasteiger partial charge in [-0.15, -0.1) is 24.0 Å². The average molecular weight is 466 g/mol. The van der Waals surface area contributed by atoms with Crippen LogP contribution in [0.15, 0.2) is 47.6 Å². The summed E-state index contributed by atoms with van der Waals surface area (Å²) in [6.07, 6.45) is 3.75. The smallest absolute Gasteiger partial charge is 0.191 e. The van der Waals surface area contributed by atoms with Gasteiger partial charge in [-0.3, -0.25) is 9.98 Å². The topological polar surface area (TPSA) is 58.5 Å². The molecule has 1 aromatic heterocycles. The van der Waals surface area contributed by atoms with Gasteiger partial charge in [0.25, 0.3) is 0 Å². The molecule has 0 radical (unpaired) electrons. The van der Waals surface area contributed by atoms with Crippen molar-refractivity contribution in [3.63, 3.8) is 0 Å². The number of hydrogen-bond acceptors (Lipinski definition) is 3. The molecule has 3 rings (SSSR count). The van der Waals surface area contributed by atoms with Crippen LogP contribution in [0, 0.1) is 6.92 Å². The highest BCUT2D eigenvalue weighted by atomic mass is 127. The summed E-state index contributed by atoms with van der Waals surface area (Å²) in [5, 5.41) is 6.89. The van der Waals surface area contributed by atoms with E-state index in [-0.39, 0.29) is 30.0 Å². The Morgan fingerprint density at radius 2 is 2.12 bits per heavy atom. The second-order valence-corrected chi connectivity index (χ2v) is 6.19. The molecule has 1 unspecified atom stereocenters. The highest BCUT2D eigenvalue weighted by molar-refractivity contribution is 14.0. The van der Waals surface area contributed by atoms with Crippen molar-refractivity contribution in [2.75, 3.05) is 19.7 Å². The van der Waals surface area contributed by atoms with Crippen molar-refractivity contribution >= 4 is 29.9 Å². The molecule has 2 N–H and O–H groups in total. The second kappa shape index (κ2) is 10.4. The first kappa shape index (κ1) is 20.5. The number of pyridine rings is 1. The summed E-state index contributed by atoms with van der Waals surface area (Å²) in [6, 6.07) is 12.6. The van der Waals surface area contributed by atoms with E-state index in [1.165, 1.54) is 11.1 Å². The number of aliphatic imine (C=N–C) groups is 1. The van der Waals surface area contributed by atoms with Gasteiger partial charge < -0.3 is 15.4 Å². The number of guanidine groups is 1. The van der Waals surface area contributed by atoms with E-state index in [0.29, 0.717) is 0 Å². The number of para-hydroxylation sites is 1. The monoisotopic (exact) mass is 466 g/mol. The molecular formula is C20H27IN4O. The van der Waals surface area contributed by atoms with Crippen LogP contribution in [0.5, 0.6) is 5.75 Å². The van der Waals surface area contributed by atoms with Gasteiger partial charge in [-0.1, -0.05) is 24.3 Å². The summed E-state index contributed by atoms with van der Waals surface area (Å²) in [4.78, 5) is 9.06. The van der Waals surface area contributed by atoms with E-state index < -0.39 is 0 Å². The predicted octanol–water partition coefficient (Wildman–Crippen LogP) is 3.63. The lowest BCUT2D eigenvalue weighted by Crippen LogP contribution is -2.41. The van der Waals surface area contributed by atoms with E-state index in [1.54, 1.807) is 0 Å². The van der Waals surface area contributed by atoms with Crippen LogP contribution in [-0.2, 0) is 6.42 Å². The minimum atomic E-state index is 0. The molecule has 1 aliphatic rings. The van der Waals surface area contributed by atoms with Crippen LogP contribution in [0.25, 0.3) is 0 Å². The molecule has 0 bridgehead atoms. The Balaban J connectivity index is 0.00000243. The normalized spacial score (nSPS) is 16.1. The van der Waals surface area contributed by atoms with E-state index in [2.05, 4.69) is 40.7 Å². The number of fused-ring (bicyclic) bond motifs is 1. The molecule has 0 saturated carbocycles. The fourth-order valence-electron chi connectivity index (χ4n) is 2.92. The Labute approximate surface area is 172 Å². The maximum absolute atomic E-state index is 5.74. The van der Waals surface area contributed by atoms with Crippen LogP contribution in [0.4, 0.5) is 0 Å². The highest BCUT2D eigenvalue weighted by Crippen LogP contribution is 2.31. The third-order valence-electron chi connectivity index (χ3n) is 4.26. The molecule has 0 aliphatic carbocycles. The minimum Gasteiger partial charge on any atom is -0.493 e. The minimum absolute atomic E-state index is 0. The maximum atomic E-state index is 5.74. The second-order valence-electron chi connectivity index (χ2n) is 6.19. The lowest BCUT2D eigenvalue weighted by Gasteiger charge is -2.28. The number of aromatic nitrogens is 1. The zero-order valence-electron chi connectivity index (χ0n) is 15.4. The van der Waals surface area contributed by atoms with Crippen LogP contribution >= 0.6 is 24.0 Å². The van der Waals surface area contributed by atoms with Gasteiger partial charge in [-0.2, -0.15) is 0 Å². The molecule has 140 valence electrons. The van der Waals surface area contributed by atoms with Crippen molar-refractivity contribution in [1.29, 1.82) is 0 Å². The number of hydrogen-bond donors (Lipinski definition) is 2. The fraction of sp³-hybridized carbons (Fsp3) is 0.400. The molecule has 0 spiro atoms. The van der Waals surface area contributed by atoms with Crippen molar-refractivity contribution < 1.29 is 4.74 Å². The van der Waals surface area contributed by atoms with Gasteiger partial charge in [-0.25, -0.2) is 0 Å². The first-order valence-electron chi connectivity index (χ1n) is 8.94. The van der Waals surface area contributed by atoms with Crippen LogP contribution < -0.4 is 15.4 Å². The van der Waals surface area contributed by atoms with E-state index in [1.807, 2.05) is 31.3 Å². The zero-order chi connectivity index (χ0) is 17.5. The first-order valence-corrected chi connectivity index (χ1v) is 8.94. The summed E-state index contributed by atoms with van der Waals surface area (Å²) in [6.45, 7) is 6.37. The Morgan fingerprint density at radius 1 is 1.27 bits per heavy atom. The average Bonchev–Trinajstić information content (AvgIpc) is 2.64. The third kappa shape index (κ3) is 5.59. The number of aryl methyl sites for hydroxylation is 1. The Kier molecular flexibility index (Phi) is 8.15. The van der Waals surface area contributed by atoms with Crippen LogP contribution in [-0.4, -0.2) is 30.6 Å². The van der Waals surface area contributed by atoms with Crippen molar-refractivity contribution in [2.45, 2.75) is 32.7 Å². The lowest BCUT2D eigenvalue weighted by atomic mass is 10.0. The fourth-order valence-corrected chi connectivity index (χ4v) is 2.92. The summed E-state index contributed by atoms with van der Waals surface area (Å²) in [5.41, 5.74) is 3.45. The van der Waals surface area contributed by atoms with Crippen molar-refractivity contribution in [1.82, 2.24) is 15.6 Å². The molecular weight excluding hydrogens is 439 g/mol. The quantitative estimate of drug-likeness (QED) is 0.402. The van der Waals surface area contributed by atoms with E-state index in [0.717, 1.165) is 49.9 Å². The van der Waals surface area contributed by atoms with Gasteiger partial charge in [-0.05, 0) is 38.0 Å². The number of nitrogens with one attached hydrogen (secondary N) is 2. The standard InChI is InChI=1S/C20H26N4O.HI/c1-3-21-20(22-12-10-16-9-8-15(2)23-14-16)24-18-11-13-25-19-7-5-4-6-17(18)19;/h4-9,14,18H,3,10-13H2,1-2H3,(H2,21,22,24);1H. The van der Waals surface area contributed by atoms with Crippen LogP contribution in [0.3, 0.4) is 0 Å². The summed E-state index contributed by atoms with van der Waals surface area (Å²) in [7, 11) is 0. The Morgan fingerprint density at radius 3 is 2.88 bits per heavy atom. The summed E-state index contributed by atoms with van der Waals surface area (Å²) in [5.74, 6) is 1.82. The Bertz CT molecular complexity index is 718. The Hall–Kier alpha value is -1.83. The molecule has 6 heteroatoms. The molecule has 2 aromatic rings.